The van der Waals surface area contributed by atoms with Crippen LogP contribution in [0.3, 0.4) is 0 Å². The second-order valence-corrected chi connectivity index (χ2v) is 7.86. The van der Waals surface area contributed by atoms with Crippen LogP contribution in [0.1, 0.15) is 48.7 Å². The number of ether oxygens (including phenoxy) is 1. The van der Waals surface area contributed by atoms with Crippen LogP contribution >= 0.6 is 0 Å². The molecule has 0 radical (unpaired) electrons. The van der Waals surface area contributed by atoms with Gasteiger partial charge in [-0.15, -0.1) is 0 Å². The Balaban J connectivity index is 1.70. The molecule has 0 aliphatic heterocycles. The van der Waals surface area contributed by atoms with Crippen LogP contribution in [-0.2, 0) is 11.3 Å². The molecule has 3 heterocycles. The number of hydrogen-bond acceptors (Lipinski definition) is 5. The number of aromatic amines is 1. The Morgan fingerprint density at radius 2 is 1.97 bits per heavy atom. The molecule has 5 rings (SSSR count). The minimum atomic E-state index is -0.239. The van der Waals surface area contributed by atoms with Gasteiger partial charge >= 0.3 is 0 Å². The van der Waals surface area contributed by atoms with Crippen molar-refractivity contribution < 1.29 is 9.15 Å². The monoisotopic (exact) mass is 404 g/mol. The lowest BCUT2D eigenvalue weighted by atomic mass is 10.1. The maximum Gasteiger partial charge on any atom is 0.285 e. The SMILES string of the molecule is COCc1nc2c(-c3ccccc3)c(C)[nH]n2c(=O)c1-c1ncc(C2CCCC2)o1. The molecule has 0 amide bonds. The maximum absolute atomic E-state index is 13.5. The molecular formula is C23H24N4O3. The van der Waals surface area contributed by atoms with Gasteiger partial charge in [0, 0.05) is 24.3 Å². The lowest BCUT2D eigenvalue weighted by molar-refractivity contribution is 0.181. The smallest absolute Gasteiger partial charge is 0.285 e. The Kier molecular flexibility index (Phi) is 4.75. The van der Waals surface area contributed by atoms with E-state index in [1.54, 1.807) is 13.3 Å². The van der Waals surface area contributed by atoms with E-state index in [4.69, 9.17) is 14.1 Å². The average molecular weight is 404 g/mol. The fourth-order valence-corrected chi connectivity index (χ4v) is 4.44. The summed E-state index contributed by atoms with van der Waals surface area (Å²) in [4.78, 5) is 22.7. The third kappa shape index (κ3) is 3.06. The van der Waals surface area contributed by atoms with E-state index in [-0.39, 0.29) is 12.2 Å². The number of hydrogen-bond donors (Lipinski definition) is 1. The maximum atomic E-state index is 13.5. The van der Waals surface area contributed by atoms with Gasteiger partial charge in [0.25, 0.3) is 5.56 Å². The molecule has 154 valence electrons. The molecule has 4 aromatic rings. The van der Waals surface area contributed by atoms with Gasteiger partial charge in [-0.25, -0.2) is 14.5 Å². The van der Waals surface area contributed by atoms with E-state index in [1.807, 2.05) is 37.3 Å². The molecule has 0 atom stereocenters. The molecule has 1 aliphatic rings. The van der Waals surface area contributed by atoms with Crippen molar-refractivity contribution in [3.8, 4) is 22.6 Å². The molecular weight excluding hydrogens is 380 g/mol. The highest BCUT2D eigenvalue weighted by atomic mass is 16.5. The first-order chi connectivity index (χ1) is 14.7. The fraction of sp³-hybridized carbons (Fsp3) is 0.348. The van der Waals surface area contributed by atoms with Crippen LogP contribution in [0.25, 0.3) is 28.2 Å². The Bertz CT molecular complexity index is 1250. The summed E-state index contributed by atoms with van der Waals surface area (Å²) in [5.41, 5.74) is 3.97. The summed E-state index contributed by atoms with van der Waals surface area (Å²) in [6.45, 7) is 2.14. The number of H-pyrrole nitrogens is 1. The fourth-order valence-electron chi connectivity index (χ4n) is 4.44. The van der Waals surface area contributed by atoms with Gasteiger partial charge < -0.3 is 9.15 Å². The summed E-state index contributed by atoms with van der Waals surface area (Å²) in [6, 6.07) is 9.92. The summed E-state index contributed by atoms with van der Waals surface area (Å²) >= 11 is 0. The Morgan fingerprint density at radius 3 is 2.70 bits per heavy atom. The van der Waals surface area contributed by atoms with Gasteiger partial charge in [-0.3, -0.25) is 9.89 Å². The lowest BCUT2D eigenvalue weighted by Crippen LogP contribution is -2.20. The predicted molar refractivity (Wildman–Crippen MR) is 113 cm³/mol. The molecule has 7 nitrogen and oxygen atoms in total. The minimum absolute atomic E-state index is 0.195. The van der Waals surface area contributed by atoms with Crippen LogP contribution in [0.4, 0.5) is 0 Å². The van der Waals surface area contributed by atoms with Gasteiger partial charge in [-0.05, 0) is 25.3 Å². The molecule has 0 bridgehead atoms. The number of methoxy groups -OCH3 is 1. The molecule has 1 N–H and O–H groups in total. The first kappa shape index (κ1) is 18.8. The highest BCUT2D eigenvalue weighted by Crippen LogP contribution is 2.36. The summed E-state index contributed by atoms with van der Waals surface area (Å²) in [5, 5.41) is 3.17. The molecule has 0 saturated heterocycles. The number of rotatable bonds is 5. The molecule has 7 heteroatoms. The quantitative estimate of drug-likeness (QED) is 0.531. The van der Waals surface area contributed by atoms with Crippen LogP contribution in [0, 0.1) is 6.92 Å². The van der Waals surface area contributed by atoms with Crippen molar-refractivity contribution in [1.82, 2.24) is 19.6 Å². The van der Waals surface area contributed by atoms with E-state index < -0.39 is 0 Å². The minimum Gasteiger partial charge on any atom is -0.441 e. The Morgan fingerprint density at radius 1 is 1.20 bits per heavy atom. The first-order valence-electron chi connectivity index (χ1n) is 10.3. The summed E-state index contributed by atoms with van der Waals surface area (Å²) in [5.74, 6) is 1.54. The molecule has 0 spiro atoms. The van der Waals surface area contributed by atoms with E-state index >= 15 is 0 Å². The number of nitrogens with zero attached hydrogens (tertiary/aromatic N) is 3. The van der Waals surface area contributed by atoms with E-state index in [9.17, 15) is 4.79 Å². The van der Waals surface area contributed by atoms with Gasteiger partial charge in [0.1, 0.15) is 11.3 Å². The van der Waals surface area contributed by atoms with Gasteiger partial charge in [-0.2, -0.15) is 0 Å². The van der Waals surface area contributed by atoms with Gasteiger partial charge in [-0.1, -0.05) is 43.2 Å². The number of fused-ring (bicyclic) bond motifs is 1. The van der Waals surface area contributed by atoms with Crippen LogP contribution in [0.2, 0.25) is 0 Å². The predicted octanol–water partition coefficient (Wildman–Crippen LogP) is 4.46. The highest BCUT2D eigenvalue weighted by molar-refractivity contribution is 5.80. The zero-order chi connectivity index (χ0) is 20.7. The van der Waals surface area contributed by atoms with Crippen molar-refractivity contribution >= 4 is 5.65 Å². The topological polar surface area (TPSA) is 85.4 Å². The second kappa shape index (κ2) is 7.57. The standard InChI is InChI=1S/C23H24N4O3/c1-14-19(16-10-4-3-5-11-16)21-25-17(13-29-2)20(23(28)27(21)26-14)22-24-12-18(30-22)15-8-6-7-9-15/h3-5,10-12,15,26H,6-9,13H2,1-2H3. The molecule has 3 aromatic heterocycles. The number of nitrogens with one attached hydrogen (secondary N) is 1. The zero-order valence-electron chi connectivity index (χ0n) is 17.1. The van der Waals surface area contributed by atoms with Gasteiger partial charge in [0.05, 0.1) is 18.5 Å². The summed E-state index contributed by atoms with van der Waals surface area (Å²) in [7, 11) is 1.59. The number of oxazole rings is 1. The van der Waals surface area contributed by atoms with Crippen molar-refractivity contribution in [1.29, 1.82) is 0 Å². The number of aromatic nitrogens is 4. The van der Waals surface area contributed by atoms with Crippen LogP contribution < -0.4 is 5.56 Å². The van der Waals surface area contributed by atoms with Crippen LogP contribution in [-0.4, -0.2) is 26.7 Å². The summed E-state index contributed by atoms with van der Waals surface area (Å²) < 4.78 is 12.9. The third-order valence-electron chi connectivity index (χ3n) is 5.87. The molecule has 1 fully saturated rings. The third-order valence-corrected chi connectivity index (χ3v) is 5.87. The lowest BCUT2D eigenvalue weighted by Gasteiger charge is -2.07. The van der Waals surface area contributed by atoms with E-state index in [1.165, 1.54) is 17.4 Å². The van der Waals surface area contributed by atoms with E-state index in [0.717, 1.165) is 35.4 Å². The summed E-state index contributed by atoms with van der Waals surface area (Å²) in [6.07, 6.45) is 6.37. The Labute approximate surface area is 173 Å². The van der Waals surface area contributed by atoms with Crippen LogP contribution in [0.5, 0.6) is 0 Å². The zero-order valence-corrected chi connectivity index (χ0v) is 17.1. The average Bonchev–Trinajstić information content (AvgIpc) is 3.48. The number of aryl methyl sites for hydroxylation is 1. The molecule has 1 saturated carbocycles. The molecule has 1 aromatic carbocycles. The van der Waals surface area contributed by atoms with Crippen molar-refractivity contribution in [3.63, 3.8) is 0 Å². The number of benzene rings is 1. The molecule has 0 unspecified atom stereocenters. The normalized spacial score (nSPS) is 14.7. The molecule has 30 heavy (non-hydrogen) atoms. The highest BCUT2D eigenvalue weighted by Gasteiger charge is 2.26. The van der Waals surface area contributed by atoms with Gasteiger partial charge in [0.2, 0.25) is 5.89 Å². The second-order valence-electron chi connectivity index (χ2n) is 7.86. The van der Waals surface area contributed by atoms with Crippen molar-refractivity contribution in [3.05, 3.63) is 64.0 Å². The Hall–Kier alpha value is -3.19. The molecule has 1 aliphatic carbocycles. The van der Waals surface area contributed by atoms with Crippen molar-refractivity contribution in [2.75, 3.05) is 7.11 Å². The first-order valence-corrected chi connectivity index (χ1v) is 10.3. The van der Waals surface area contributed by atoms with Gasteiger partial charge in [0.15, 0.2) is 5.65 Å². The van der Waals surface area contributed by atoms with Crippen molar-refractivity contribution in [2.24, 2.45) is 0 Å². The van der Waals surface area contributed by atoms with E-state index in [2.05, 4.69) is 10.1 Å². The largest absolute Gasteiger partial charge is 0.441 e. The van der Waals surface area contributed by atoms with Crippen molar-refractivity contribution in [2.45, 2.75) is 45.1 Å². The van der Waals surface area contributed by atoms with Crippen LogP contribution in [0.15, 0.2) is 45.7 Å². The van der Waals surface area contributed by atoms with E-state index in [0.29, 0.717) is 28.7 Å².